The van der Waals surface area contributed by atoms with E-state index in [1.807, 2.05) is 61.5 Å². The summed E-state index contributed by atoms with van der Waals surface area (Å²) in [4.78, 5) is 31.9. The SMILES string of the molecule is COC(=O)C1[C@@H](Cc2cccc(OCCc3nc(-c4ccccc4)oc3C)c2)C(=O)N1c1ccc(OC)cc1. The highest BCUT2D eigenvalue weighted by Gasteiger charge is 2.52. The van der Waals surface area contributed by atoms with Crippen LogP contribution < -0.4 is 14.4 Å². The fraction of sp³-hybridized carbons (Fsp3) is 0.258. The number of aryl methyl sites for hydroxylation is 1. The van der Waals surface area contributed by atoms with Gasteiger partial charge in [0.1, 0.15) is 23.3 Å². The lowest BCUT2D eigenvalue weighted by atomic mass is 9.81. The maximum absolute atomic E-state index is 13.1. The number of methoxy groups -OCH3 is 2. The van der Waals surface area contributed by atoms with Crippen LogP contribution in [0.3, 0.4) is 0 Å². The van der Waals surface area contributed by atoms with Crippen molar-refractivity contribution in [2.24, 2.45) is 5.92 Å². The van der Waals surface area contributed by atoms with Crippen molar-refractivity contribution in [1.82, 2.24) is 4.98 Å². The number of rotatable bonds is 10. The number of anilines is 1. The monoisotopic (exact) mass is 526 g/mol. The van der Waals surface area contributed by atoms with Crippen LogP contribution in [-0.4, -0.2) is 43.7 Å². The third-order valence-corrected chi connectivity index (χ3v) is 6.88. The molecule has 1 amide bonds. The van der Waals surface area contributed by atoms with Crippen molar-refractivity contribution in [3.8, 4) is 23.0 Å². The second kappa shape index (κ2) is 11.4. The Morgan fingerprint density at radius 2 is 1.74 bits per heavy atom. The number of hydrogen-bond donors (Lipinski definition) is 0. The quantitative estimate of drug-likeness (QED) is 0.212. The predicted octanol–water partition coefficient (Wildman–Crippen LogP) is 5.03. The Hall–Kier alpha value is -4.59. The topological polar surface area (TPSA) is 91.1 Å². The lowest BCUT2D eigenvalue weighted by Crippen LogP contribution is -2.65. The molecule has 5 rings (SSSR count). The van der Waals surface area contributed by atoms with Crippen LogP contribution in [0.15, 0.2) is 83.3 Å². The highest BCUT2D eigenvalue weighted by Crippen LogP contribution is 2.36. The Bertz CT molecular complexity index is 1450. The summed E-state index contributed by atoms with van der Waals surface area (Å²) in [5.74, 6) is 1.63. The minimum Gasteiger partial charge on any atom is -0.497 e. The molecule has 0 saturated carbocycles. The minimum absolute atomic E-state index is 0.127. The lowest BCUT2D eigenvalue weighted by molar-refractivity contribution is -0.152. The molecule has 1 fully saturated rings. The van der Waals surface area contributed by atoms with Crippen LogP contribution in [0.25, 0.3) is 11.5 Å². The van der Waals surface area contributed by atoms with Gasteiger partial charge in [-0.1, -0.05) is 30.3 Å². The molecule has 0 aliphatic carbocycles. The summed E-state index contributed by atoms with van der Waals surface area (Å²) in [6.07, 6.45) is 0.986. The van der Waals surface area contributed by atoms with Gasteiger partial charge in [0, 0.05) is 17.7 Å². The van der Waals surface area contributed by atoms with Gasteiger partial charge in [0.25, 0.3) is 0 Å². The number of carbonyl (C=O) groups excluding carboxylic acids is 2. The molecule has 8 heteroatoms. The highest BCUT2D eigenvalue weighted by atomic mass is 16.5. The Balaban J connectivity index is 1.22. The van der Waals surface area contributed by atoms with E-state index in [1.165, 1.54) is 12.0 Å². The second-order valence-electron chi connectivity index (χ2n) is 9.32. The second-order valence-corrected chi connectivity index (χ2v) is 9.32. The van der Waals surface area contributed by atoms with E-state index >= 15 is 0 Å². The Kier molecular flexibility index (Phi) is 7.63. The maximum Gasteiger partial charge on any atom is 0.329 e. The van der Waals surface area contributed by atoms with Gasteiger partial charge in [-0.3, -0.25) is 9.69 Å². The van der Waals surface area contributed by atoms with Gasteiger partial charge in [0.2, 0.25) is 11.8 Å². The Labute approximate surface area is 227 Å². The number of aromatic nitrogens is 1. The van der Waals surface area contributed by atoms with Gasteiger partial charge in [-0.25, -0.2) is 9.78 Å². The predicted molar refractivity (Wildman–Crippen MR) is 146 cm³/mol. The van der Waals surface area contributed by atoms with E-state index in [9.17, 15) is 9.59 Å². The summed E-state index contributed by atoms with van der Waals surface area (Å²) in [6, 6.07) is 23.7. The van der Waals surface area contributed by atoms with Crippen molar-refractivity contribution >= 4 is 17.6 Å². The third-order valence-electron chi connectivity index (χ3n) is 6.88. The van der Waals surface area contributed by atoms with Crippen molar-refractivity contribution in [2.75, 3.05) is 25.7 Å². The van der Waals surface area contributed by atoms with Crippen molar-refractivity contribution in [2.45, 2.75) is 25.8 Å². The molecule has 39 heavy (non-hydrogen) atoms. The summed E-state index contributed by atoms with van der Waals surface area (Å²) >= 11 is 0. The molecule has 0 spiro atoms. The van der Waals surface area contributed by atoms with Crippen molar-refractivity contribution in [1.29, 1.82) is 0 Å². The molecule has 2 atom stereocenters. The first kappa shape index (κ1) is 26.0. The number of oxazole rings is 1. The molecular formula is C31H30N2O6. The Morgan fingerprint density at radius 1 is 0.974 bits per heavy atom. The number of hydrogen-bond acceptors (Lipinski definition) is 7. The minimum atomic E-state index is -0.700. The van der Waals surface area contributed by atoms with Crippen LogP contribution in [0, 0.1) is 12.8 Å². The molecule has 3 aromatic carbocycles. The molecule has 8 nitrogen and oxygen atoms in total. The third kappa shape index (κ3) is 5.50. The molecule has 0 bridgehead atoms. The van der Waals surface area contributed by atoms with Gasteiger partial charge in [-0.15, -0.1) is 0 Å². The molecule has 2 heterocycles. The van der Waals surface area contributed by atoms with Crippen LogP contribution in [-0.2, 0) is 27.2 Å². The number of amides is 1. The molecule has 1 aliphatic rings. The Morgan fingerprint density at radius 3 is 2.46 bits per heavy atom. The smallest absolute Gasteiger partial charge is 0.329 e. The van der Waals surface area contributed by atoms with Crippen molar-refractivity contribution < 1.29 is 28.2 Å². The summed E-state index contributed by atoms with van der Waals surface area (Å²) < 4.78 is 22.1. The number of ether oxygens (including phenoxy) is 3. The van der Waals surface area contributed by atoms with Gasteiger partial charge in [0.05, 0.1) is 32.4 Å². The van der Waals surface area contributed by atoms with Crippen molar-refractivity contribution in [3.63, 3.8) is 0 Å². The van der Waals surface area contributed by atoms with E-state index in [0.29, 0.717) is 42.5 Å². The van der Waals surface area contributed by atoms with Crippen LogP contribution in [0.1, 0.15) is 17.0 Å². The first-order chi connectivity index (χ1) is 19.0. The fourth-order valence-corrected chi connectivity index (χ4v) is 4.81. The van der Waals surface area contributed by atoms with Crippen LogP contribution in [0.5, 0.6) is 11.5 Å². The van der Waals surface area contributed by atoms with Gasteiger partial charge >= 0.3 is 5.97 Å². The van der Waals surface area contributed by atoms with Crippen LogP contribution in [0.2, 0.25) is 0 Å². The van der Waals surface area contributed by atoms with E-state index in [0.717, 1.165) is 22.6 Å². The number of esters is 1. The average Bonchev–Trinajstić information content (AvgIpc) is 3.35. The first-order valence-electron chi connectivity index (χ1n) is 12.8. The molecule has 1 unspecified atom stereocenters. The fourth-order valence-electron chi connectivity index (χ4n) is 4.81. The zero-order valence-corrected chi connectivity index (χ0v) is 22.1. The molecule has 1 aliphatic heterocycles. The number of carbonyl (C=O) groups is 2. The van der Waals surface area contributed by atoms with Crippen molar-refractivity contribution in [3.05, 3.63) is 95.9 Å². The summed E-state index contributed by atoms with van der Waals surface area (Å²) in [7, 11) is 2.91. The lowest BCUT2D eigenvalue weighted by Gasteiger charge is -2.45. The zero-order chi connectivity index (χ0) is 27.4. The molecule has 1 saturated heterocycles. The maximum atomic E-state index is 13.1. The van der Waals surface area contributed by atoms with Gasteiger partial charge < -0.3 is 18.6 Å². The number of β-lactam (4-membered cyclic amide) rings is 1. The summed E-state index contributed by atoms with van der Waals surface area (Å²) in [6.45, 7) is 2.32. The van der Waals surface area contributed by atoms with E-state index in [4.69, 9.17) is 18.6 Å². The van der Waals surface area contributed by atoms with Gasteiger partial charge in [-0.2, -0.15) is 0 Å². The molecular weight excluding hydrogens is 496 g/mol. The van der Waals surface area contributed by atoms with E-state index in [2.05, 4.69) is 4.98 Å². The van der Waals surface area contributed by atoms with E-state index in [-0.39, 0.29) is 5.91 Å². The largest absolute Gasteiger partial charge is 0.497 e. The molecule has 4 aromatic rings. The first-order valence-corrected chi connectivity index (χ1v) is 12.8. The number of benzene rings is 3. The van der Waals surface area contributed by atoms with E-state index in [1.54, 1.807) is 31.4 Å². The molecule has 0 N–H and O–H groups in total. The average molecular weight is 527 g/mol. The highest BCUT2D eigenvalue weighted by molar-refractivity contribution is 6.10. The molecule has 0 radical (unpaired) electrons. The van der Waals surface area contributed by atoms with Crippen LogP contribution in [0.4, 0.5) is 5.69 Å². The summed E-state index contributed by atoms with van der Waals surface area (Å²) in [5, 5.41) is 0. The zero-order valence-electron chi connectivity index (χ0n) is 22.1. The standard InChI is InChI=1S/C31H30N2O6/c1-20-27(32-29(39-20)22-9-5-4-6-10-22)16-17-38-25-11-7-8-21(18-25)19-26-28(31(35)37-3)33(30(26)34)23-12-14-24(36-2)15-13-23/h4-15,18,26,28H,16-17,19H2,1-3H3/t26-,28?/m1/s1. The summed E-state index contributed by atoms with van der Waals surface area (Å²) in [5.41, 5.74) is 3.31. The van der Waals surface area contributed by atoms with Crippen LogP contribution >= 0.6 is 0 Å². The molecule has 1 aromatic heterocycles. The van der Waals surface area contributed by atoms with Gasteiger partial charge in [-0.05, 0) is 67.4 Å². The number of nitrogens with zero attached hydrogens (tertiary/aromatic N) is 2. The normalized spacial score (nSPS) is 16.5. The van der Waals surface area contributed by atoms with E-state index < -0.39 is 17.9 Å². The van der Waals surface area contributed by atoms with Gasteiger partial charge in [0.15, 0.2) is 0 Å². The molecule has 200 valence electrons.